The van der Waals surface area contributed by atoms with Gasteiger partial charge in [-0.3, -0.25) is 4.90 Å². The van der Waals surface area contributed by atoms with Gasteiger partial charge in [0.25, 0.3) is 0 Å². The van der Waals surface area contributed by atoms with E-state index in [9.17, 15) is 5.11 Å². The Morgan fingerprint density at radius 2 is 1.81 bits per heavy atom. The van der Waals surface area contributed by atoms with E-state index in [1.54, 1.807) is 0 Å². The lowest BCUT2D eigenvalue weighted by atomic mass is 9.87. The number of aliphatic hydroxyl groups is 1. The van der Waals surface area contributed by atoms with E-state index in [0.717, 1.165) is 45.7 Å². The molecule has 0 aromatic carbocycles. The molecule has 0 aromatic heterocycles. The third kappa shape index (κ3) is 2.25. The van der Waals surface area contributed by atoms with Crippen molar-refractivity contribution in [3.8, 4) is 0 Å². The molecule has 3 aliphatic rings. The molecule has 3 rings (SSSR count). The molecule has 3 fully saturated rings. The quantitative estimate of drug-likeness (QED) is 0.694. The SMILES string of the molecule is OC1(CN2CCOCC2)C[C@H]2CC[C@@H](C1)N2. The lowest BCUT2D eigenvalue weighted by molar-refractivity contribution is -0.0565. The molecule has 4 heteroatoms. The van der Waals surface area contributed by atoms with Crippen molar-refractivity contribution in [3.63, 3.8) is 0 Å². The van der Waals surface area contributed by atoms with E-state index in [0.29, 0.717) is 12.1 Å². The number of fused-ring (bicyclic) bond motifs is 2. The number of β-amino-alcohol motifs (C(OH)–C–C–N with tert-alkyl or cyclic N) is 1. The van der Waals surface area contributed by atoms with Crippen LogP contribution in [0.2, 0.25) is 0 Å². The zero-order valence-corrected chi connectivity index (χ0v) is 9.82. The third-order valence-electron chi connectivity index (χ3n) is 4.21. The van der Waals surface area contributed by atoms with Gasteiger partial charge in [0.2, 0.25) is 0 Å². The van der Waals surface area contributed by atoms with Gasteiger partial charge in [-0.25, -0.2) is 0 Å². The number of nitrogens with one attached hydrogen (secondary N) is 1. The molecule has 0 spiro atoms. The maximum absolute atomic E-state index is 10.7. The Bertz CT molecular complexity index is 241. The second-order valence-electron chi connectivity index (χ2n) is 5.66. The molecular formula is C12H22N2O2. The summed E-state index contributed by atoms with van der Waals surface area (Å²) in [4.78, 5) is 2.36. The Hall–Kier alpha value is -0.160. The van der Waals surface area contributed by atoms with Crippen LogP contribution in [-0.4, -0.2) is 60.5 Å². The van der Waals surface area contributed by atoms with Crippen molar-refractivity contribution in [2.24, 2.45) is 0 Å². The predicted octanol–water partition coefficient (Wildman–Crippen LogP) is -0.0359. The second kappa shape index (κ2) is 4.26. The van der Waals surface area contributed by atoms with Crippen LogP contribution in [0.25, 0.3) is 0 Å². The fraction of sp³-hybridized carbons (Fsp3) is 1.00. The number of rotatable bonds is 2. The summed E-state index contributed by atoms with van der Waals surface area (Å²) in [5.41, 5.74) is -0.450. The highest BCUT2D eigenvalue weighted by Crippen LogP contribution is 2.34. The van der Waals surface area contributed by atoms with Gasteiger partial charge in [-0.05, 0) is 25.7 Å². The molecule has 0 saturated carbocycles. The smallest absolute Gasteiger partial charge is 0.0803 e. The van der Waals surface area contributed by atoms with E-state index in [1.165, 1.54) is 12.8 Å². The maximum Gasteiger partial charge on any atom is 0.0803 e. The van der Waals surface area contributed by atoms with Gasteiger partial charge in [0.05, 0.1) is 18.8 Å². The van der Waals surface area contributed by atoms with Gasteiger partial charge >= 0.3 is 0 Å². The van der Waals surface area contributed by atoms with Crippen LogP contribution in [0.3, 0.4) is 0 Å². The summed E-state index contributed by atoms with van der Waals surface area (Å²) in [6.07, 6.45) is 4.36. The molecule has 3 aliphatic heterocycles. The highest BCUT2D eigenvalue weighted by molar-refractivity contribution is 5.01. The molecule has 0 aliphatic carbocycles. The first kappa shape index (κ1) is 11.0. The normalized spacial score (nSPS) is 44.8. The van der Waals surface area contributed by atoms with Crippen LogP contribution in [0.1, 0.15) is 25.7 Å². The molecule has 3 heterocycles. The van der Waals surface area contributed by atoms with E-state index in [-0.39, 0.29) is 0 Å². The molecule has 0 aromatic rings. The Morgan fingerprint density at radius 3 is 2.44 bits per heavy atom. The van der Waals surface area contributed by atoms with Gasteiger partial charge in [-0.15, -0.1) is 0 Å². The number of hydrogen-bond acceptors (Lipinski definition) is 4. The first-order chi connectivity index (χ1) is 7.73. The van der Waals surface area contributed by atoms with Crippen LogP contribution in [0.5, 0.6) is 0 Å². The zero-order valence-electron chi connectivity index (χ0n) is 9.82. The summed E-state index contributed by atoms with van der Waals surface area (Å²) in [6.45, 7) is 4.43. The van der Waals surface area contributed by atoms with E-state index >= 15 is 0 Å². The van der Waals surface area contributed by atoms with Gasteiger partial charge in [0.1, 0.15) is 0 Å². The minimum atomic E-state index is -0.450. The monoisotopic (exact) mass is 226 g/mol. The highest BCUT2D eigenvalue weighted by Gasteiger charge is 2.43. The summed E-state index contributed by atoms with van der Waals surface area (Å²) in [5, 5.41) is 14.3. The fourth-order valence-electron chi connectivity index (χ4n) is 3.53. The van der Waals surface area contributed by atoms with Crippen molar-refractivity contribution >= 4 is 0 Å². The largest absolute Gasteiger partial charge is 0.388 e. The molecule has 0 radical (unpaired) electrons. The lowest BCUT2D eigenvalue weighted by Gasteiger charge is -2.41. The predicted molar refractivity (Wildman–Crippen MR) is 61.4 cm³/mol. The van der Waals surface area contributed by atoms with Crippen molar-refractivity contribution in [2.75, 3.05) is 32.8 Å². The van der Waals surface area contributed by atoms with Crippen molar-refractivity contribution < 1.29 is 9.84 Å². The van der Waals surface area contributed by atoms with Crippen molar-refractivity contribution in [2.45, 2.75) is 43.4 Å². The van der Waals surface area contributed by atoms with Crippen LogP contribution in [0, 0.1) is 0 Å². The summed E-state index contributed by atoms with van der Waals surface area (Å²) in [5.74, 6) is 0. The van der Waals surface area contributed by atoms with E-state index in [2.05, 4.69) is 10.2 Å². The Balaban J connectivity index is 1.60. The van der Waals surface area contributed by atoms with Gasteiger partial charge in [-0.1, -0.05) is 0 Å². The lowest BCUT2D eigenvalue weighted by Crippen LogP contribution is -2.55. The fourth-order valence-corrected chi connectivity index (χ4v) is 3.53. The second-order valence-corrected chi connectivity index (χ2v) is 5.66. The molecule has 4 nitrogen and oxygen atoms in total. The zero-order chi connectivity index (χ0) is 11.0. The molecular weight excluding hydrogens is 204 g/mol. The number of nitrogens with zero attached hydrogens (tertiary/aromatic N) is 1. The number of morpholine rings is 1. The van der Waals surface area contributed by atoms with Gasteiger partial charge in [0, 0.05) is 31.7 Å². The Kier molecular flexibility index (Phi) is 2.92. The minimum absolute atomic E-state index is 0.450. The molecule has 92 valence electrons. The van der Waals surface area contributed by atoms with Crippen LogP contribution < -0.4 is 5.32 Å². The number of ether oxygens (including phenoxy) is 1. The van der Waals surface area contributed by atoms with Crippen molar-refractivity contribution in [1.82, 2.24) is 10.2 Å². The van der Waals surface area contributed by atoms with Crippen LogP contribution in [-0.2, 0) is 4.74 Å². The van der Waals surface area contributed by atoms with Crippen LogP contribution in [0.4, 0.5) is 0 Å². The first-order valence-corrected chi connectivity index (χ1v) is 6.52. The number of piperidine rings is 1. The standard InChI is InChI=1S/C12H22N2O2/c15-12(9-14-3-5-16-6-4-14)7-10-1-2-11(8-12)13-10/h10-11,13,15H,1-9H2/t10-,11+,12?. The summed E-state index contributed by atoms with van der Waals surface area (Å²) in [7, 11) is 0. The van der Waals surface area contributed by atoms with Crippen LogP contribution in [0.15, 0.2) is 0 Å². The van der Waals surface area contributed by atoms with E-state index < -0.39 is 5.60 Å². The molecule has 0 amide bonds. The van der Waals surface area contributed by atoms with Gasteiger partial charge in [0.15, 0.2) is 0 Å². The van der Waals surface area contributed by atoms with Crippen LogP contribution >= 0.6 is 0 Å². The highest BCUT2D eigenvalue weighted by atomic mass is 16.5. The maximum atomic E-state index is 10.7. The minimum Gasteiger partial charge on any atom is -0.388 e. The Labute approximate surface area is 97.0 Å². The molecule has 16 heavy (non-hydrogen) atoms. The average molecular weight is 226 g/mol. The van der Waals surface area contributed by atoms with Crippen molar-refractivity contribution in [3.05, 3.63) is 0 Å². The molecule has 3 atom stereocenters. The van der Waals surface area contributed by atoms with Gasteiger partial charge in [-0.2, -0.15) is 0 Å². The van der Waals surface area contributed by atoms with Crippen molar-refractivity contribution in [1.29, 1.82) is 0 Å². The summed E-state index contributed by atoms with van der Waals surface area (Å²) >= 11 is 0. The summed E-state index contributed by atoms with van der Waals surface area (Å²) in [6, 6.07) is 1.12. The summed E-state index contributed by atoms with van der Waals surface area (Å²) < 4.78 is 5.34. The third-order valence-corrected chi connectivity index (χ3v) is 4.21. The molecule has 2 bridgehead atoms. The van der Waals surface area contributed by atoms with E-state index in [1.807, 2.05) is 0 Å². The average Bonchev–Trinajstić information content (AvgIpc) is 2.59. The van der Waals surface area contributed by atoms with E-state index in [4.69, 9.17) is 4.74 Å². The molecule has 3 saturated heterocycles. The topological polar surface area (TPSA) is 44.7 Å². The first-order valence-electron chi connectivity index (χ1n) is 6.52. The molecule has 2 N–H and O–H groups in total. The number of hydrogen-bond donors (Lipinski definition) is 2. The molecule has 1 unspecified atom stereocenters. The van der Waals surface area contributed by atoms with Gasteiger partial charge < -0.3 is 15.2 Å². The Morgan fingerprint density at radius 1 is 1.19 bits per heavy atom.